The van der Waals surface area contributed by atoms with Gasteiger partial charge in [-0.15, -0.1) is 0 Å². The Bertz CT molecular complexity index is 3200. The Kier molecular flexibility index (Phi) is 6.55. The zero-order chi connectivity index (χ0) is 34.9. The van der Waals surface area contributed by atoms with Gasteiger partial charge in [-0.2, -0.15) is 0 Å². The molecular weight excluding hydrogens is 647 g/mol. The average molecular weight is 678 g/mol. The zero-order valence-electron chi connectivity index (χ0n) is 28.7. The van der Waals surface area contributed by atoms with Crippen LogP contribution in [0, 0.1) is 0 Å². The fourth-order valence-corrected chi connectivity index (χ4v) is 8.17. The Balaban J connectivity index is 1.15. The van der Waals surface area contributed by atoms with Crippen molar-refractivity contribution in [3.8, 4) is 22.3 Å². The highest BCUT2D eigenvalue weighted by Crippen LogP contribution is 2.47. The molecule has 0 aliphatic rings. The first-order chi connectivity index (χ1) is 26.3. The Hall–Kier alpha value is -7.10. The van der Waals surface area contributed by atoms with E-state index in [2.05, 4.69) is 181 Å². The van der Waals surface area contributed by atoms with Crippen LogP contribution in [-0.4, -0.2) is 0 Å². The van der Waals surface area contributed by atoms with E-state index in [-0.39, 0.29) is 0 Å². The monoisotopic (exact) mass is 677 g/mol. The second-order valence-corrected chi connectivity index (χ2v) is 13.7. The molecule has 0 saturated heterocycles. The minimum Gasteiger partial charge on any atom is -0.456 e. The first-order valence-corrected chi connectivity index (χ1v) is 18.0. The van der Waals surface area contributed by atoms with Crippen LogP contribution < -0.4 is 4.90 Å². The molecule has 0 radical (unpaired) electrons. The van der Waals surface area contributed by atoms with Crippen LogP contribution in [0.1, 0.15) is 0 Å². The van der Waals surface area contributed by atoms with Gasteiger partial charge >= 0.3 is 0 Å². The molecule has 2 heterocycles. The lowest BCUT2D eigenvalue weighted by atomic mass is 9.95. The van der Waals surface area contributed by atoms with Crippen LogP contribution >= 0.6 is 0 Å². The topological polar surface area (TPSA) is 29.5 Å². The van der Waals surface area contributed by atoms with Gasteiger partial charge in [0.1, 0.15) is 22.3 Å². The van der Waals surface area contributed by atoms with Crippen LogP contribution in [0.15, 0.2) is 197 Å². The molecule has 248 valence electrons. The number of nitrogens with zero attached hydrogens (tertiary/aromatic N) is 1. The van der Waals surface area contributed by atoms with Crippen LogP contribution in [0.2, 0.25) is 0 Å². The summed E-state index contributed by atoms with van der Waals surface area (Å²) in [6, 6.07) is 67.0. The van der Waals surface area contributed by atoms with Gasteiger partial charge in [-0.05, 0) is 93.5 Å². The van der Waals surface area contributed by atoms with Crippen molar-refractivity contribution in [1.29, 1.82) is 0 Å². The maximum absolute atomic E-state index is 6.55. The summed E-state index contributed by atoms with van der Waals surface area (Å²) < 4.78 is 12.7. The third kappa shape index (κ3) is 4.75. The summed E-state index contributed by atoms with van der Waals surface area (Å²) in [5.41, 5.74) is 11.4. The maximum atomic E-state index is 6.55. The van der Waals surface area contributed by atoms with E-state index < -0.39 is 0 Å². The highest BCUT2D eigenvalue weighted by atomic mass is 16.3. The minimum absolute atomic E-state index is 0.878. The summed E-state index contributed by atoms with van der Waals surface area (Å²) in [5.74, 6) is 0. The summed E-state index contributed by atoms with van der Waals surface area (Å²) in [7, 11) is 0. The lowest BCUT2D eigenvalue weighted by Gasteiger charge is -2.29. The van der Waals surface area contributed by atoms with Gasteiger partial charge in [0, 0.05) is 38.2 Å². The van der Waals surface area contributed by atoms with E-state index in [0.717, 1.165) is 83.2 Å². The first kappa shape index (κ1) is 29.6. The van der Waals surface area contributed by atoms with Crippen molar-refractivity contribution >= 4 is 82.5 Å². The molecule has 0 atom stereocenters. The predicted octanol–water partition coefficient (Wildman–Crippen LogP) is 14.6. The smallest absolute Gasteiger partial charge is 0.136 e. The third-order valence-electron chi connectivity index (χ3n) is 10.6. The molecule has 53 heavy (non-hydrogen) atoms. The molecule has 9 aromatic carbocycles. The summed E-state index contributed by atoms with van der Waals surface area (Å²) in [4.78, 5) is 2.42. The zero-order valence-corrected chi connectivity index (χ0v) is 28.7. The van der Waals surface area contributed by atoms with E-state index in [1.165, 1.54) is 21.5 Å². The van der Waals surface area contributed by atoms with E-state index in [1.54, 1.807) is 0 Å². The molecular formula is C50H31NO2. The molecule has 0 N–H and O–H groups in total. The van der Waals surface area contributed by atoms with E-state index >= 15 is 0 Å². The van der Waals surface area contributed by atoms with Gasteiger partial charge in [0.15, 0.2) is 0 Å². The molecule has 3 nitrogen and oxygen atoms in total. The van der Waals surface area contributed by atoms with Crippen LogP contribution in [0.4, 0.5) is 17.1 Å². The van der Waals surface area contributed by atoms with Gasteiger partial charge in [0.05, 0.1) is 11.4 Å². The molecule has 0 saturated carbocycles. The fraction of sp³-hybridized carbons (Fsp3) is 0. The quantitative estimate of drug-likeness (QED) is 0.182. The molecule has 11 rings (SSSR count). The number of para-hydroxylation sites is 2. The van der Waals surface area contributed by atoms with Crippen LogP contribution in [-0.2, 0) is 0 Å². The van der Waals surface area contributed by atoms with E-state index in [1.807, 2.05) is 12.1 Å². The first-order valence-electron chi connectivity index (χ1n) is 18.0. The van der Waals surface area contributed by atoms with E-state index in [4.69, 9.17) is 8.83 Å². The van der Waals surface area contributed by atoms with Crippen molar-refractivity contribution in [3.63, 3.8) is 0 Å². The van der Waals surface area contributed by atoms with Gasteiger partial charge in [0.2, 0.25) is 0 Å². The molecule has 0 fully saturated rings. The minimum atomic E-state index is 0.878. The Morgan fingerprint density at radius 3 is 1.87 bits per heavy atom. The van der Waals surface area contributed by atoms with Crippen LogP contribution in [0.25, 0.3) is 87.7 Å². The maximum Gasteiger partial charge on any atom is 0.136 e. The number of benzene rings is 9. The van der Waals surface area contributed by atoms with Crippen molar-refractivity contribution in [2.75, 3.05) is 4.90 Å². The van der Waals surface area contributed by atoms with Crippen molar-refractivity contribution in [2.24, 2.45) is 0 Å². The van der Waals surface area contributed by atoms with Crippen molar-refractivity contribution in [3.05, 3.63) is 188 Å². The molecule has 2 aromatic heterocycles. The number of anilines is 3. The number of rotatable bonds is 5. The third-order valence-corrected chi connectivity index (χ3v) is 10.6. The highest BCUT2D eigenvalue weighted by Gasteiger charge is 2.22. The van der Waals surface area contributed by atoms with Crippen LogP contribution in [0.3, 0.4) is 0 Å². The number of furan rings is 2. The van der Waals surface area contributed by atoms with Gasteiger partial charge in [-0.1, -0.05) is 127 Å². The van der Waals surface area contributed by atoms with E-state index in [0.29, 0.717) is 0 Å². The van der Waals surface area contributed by atoms with Gasteiger partial charge in [0.25, 0.3) is 0 Å². The Morgan fingerprint density at radius 1 is 0.321 bits per heavy atom. The fourth-order valence-electron chi connectivity index (χ4n) is 8.17. The second kappa shape index (κ2) is 11.7. The van der Waals surface area contributed by atoms with E-state index in [9.17, 15) is 0 Å². The van der Waals surface area contributed by atoms with Crippen molar-refractivity contribution in [2.45, 2.75) is 0 Å². The lowest BCUT2D eigenvalue weighted by molar-refractivity contribution is 0.669. The Morgan fingerprint density at radius 2 is 0.943 bits per heavy atom. The Labute approximate surface area is 305 Å². The average Bonchev–Trinajstić information content (AvgIpc) is 3.78. The SMILES string of the molecule is c1cc(-c2ccc3oc4ccccc4c3c2)cc(N(c2ccccc2-c2cccc3oc4cc5ccccc5cc4c23)c2cccc3ccccc23)c1. The van der Waals surface area contributed by atoms with Crippen molar-refractivity contribution < 1.29 is 8.83 Å². The van der Waals surface area contributed by atoms with Gasteiger partial charge in [-0.3, -0.25) is 0 Å². The normalized spacial score (nSPS) is 11.8. The number of fused-ring (bicyclic) bond motifs is 8. The largest absolute Gasteiger partial charge is 0.456 e. The summed E-state index contributed by atoms with van der Waals surface area (Å²) in [6.07, 6.45) is 0. The highest BCUT2D eigenvalue weighted by molar-refractivity contribution is 6.17. The second-order valence-electron chi connectivity index (χ2n) is 13.7. The summed E-state index contributed by atoms with van der Waals surface area (Å²) in [5, 5.41) is 9.21. The molecule has 0 aliphatic heterocycles. The van der Waals surface area contributed by atoms with Gasteiger partial charge < -0.3 is 13.7 Å². The molecule has 3 heteroatoms. The molecule has 0 amide bonds. The summed E-state index contributed by atoms with van der Waals surface area (Å²) >= 11 is 0. The lowest BCUT2D eigenvalue weighted by Crippen LogP contribution is -2.12. The van der Waals surface area contributed by atoms with Crippen LogP contribution in [0.5, 0.6) is 0 Å². The summed E-state index contributed by atoms with van der Waals surface area (Å²) in [6.45, 7) is 0. The molecule has 11 aromatic rings. The standard InChI is InChI=1S/C50H31NO2/c1-2-14-35-31-49-43(30-34(35)13-1)50-41(21-11-25-48(50)53-49)39-19-5-7-22-45(39)51(44-23-10-15-32-12-3-4-18-38(32)44)37-17-9-16-33(28-37)36-26-27-47-42(29-36)40-20-6-8-24-46(40)52-47/h1-31H. The molecule has 0 unspecified atom stereocenters. The molecule has 0 aliphatic carbocycles. The van der Waals surface area contributed by atoms with Crippen molar-refractivity contribution in [1.82, 2.24) is 0 Å². The molecule has 0 bridgehead atoms. The number of hydrogen-bond donors (Lipinski definition) is 0. The number of hydrogen-bond acceptors (Lipinski definition) is 3. The van der Waals surface area contributed by atoms with Gasteiger partial charge in [-0.25, -0.2) is 0 Å². The molecule has 0 spiro atoms. The predicted molar refractivity (Wildman–Crippen MR) is 222 cm³/mol.